The molecular formula is C34H41FO6. The fourth-order valence-electron chi connectivity index (χ4n) is 5.64. The molecule has 1 aliphatic carbocycles. The van der Waals surface area contributed by atoms with E-state index >= 15 is 4.39 Å². The third-order valence-electron chi connectivity index (χ3n) is 7.82. The van der Waals surface area contributed by atoms with Gasteiger partial charge in [0.05, 0.1) is 33.4 Å². The van der Waals surface area contributed by atoms with Gasteiger partial charge in [0, 0.05) is 25.2 Å². The van der Waals surface area contributed by atoms with Gasteiger partial charge >= 0.3 is 5.97 Å². The molecule has 41 heavy (non-hydrogen) atoms. The minimum absolute atomic E-state index is 0.125. The molecule has 2 atom stereocenters. The lowest BCUT2D eigenvalue weighted by molar-refractivity contribution is -0.141. The van der Waals surface area contributed by atoms with Crippen LogP contribution in [0.5, 0.6) is 11.5 Å². The Balaban J connectivity index is 1.65. The smallest absolute Gasteiger partial charge is 0.306 e. The highest BCUT2D eigenvalue weighted by atomic mass is 19.1. The first kappa shape index (κ1) is 30.5. The molecule has 3 aromatic rings. The highest BCUT2D eigenvalue weighted by molar-refractivity contribution is 5.71. The van der Waals surface area contributed by atoms with Gasteiger partial charge in [0.2, 0.25) is 0 Å². The largest absolute Gasteiger partial charge is 0.497 e. The van der Waals surface area contributed by atoms with Gasteiger partial charge in [-0.3, -0.25) is 4.79 Å². The van der Waals surface area contributed by atoms with Crippen molar-refractivity contribution in [2.24, 2.45) is 11.3 Å². The monoisotopic (exact) mass is 564 g/mol. The Bertz CT molecular complexity index is 1330. The van der Waals surface area contributed by atoms with Crippen molar-refractivity contribution in [3.63, 3.8) is 0 Å². The predicted octanol–water partition coefficient (Wildman–Crippen LogP) is 7.50. The number of ether oxygens (including phenoxy) is 5. The van der Waals surface area contributed by atoms with Crippen LogP contribution in [0.15, 0.2) is 60.7 Å². The van der Waals surface area contributed by atoms with Crippen LogP contribution < -0.4 is 9.47 Å². The fraction of sp³-hybridized carbons (Fsp3) is 0.441. The van der Waals surface area contributed by atoms with Crippen molar-refractivity contribution in [3.05, 3.63) is 83.2 Å². The molecular weight excluding hydrogens is 523 g/mol. The van der Waals surface area contributed by atoms with Gasteiger partial charge in [0.25, 0.3) is 0 Å². The molecule has 0 radical (unpaired) electrons. The van der Waals surface area contributed by atoms with E-state index in [2.05, 4.69) is 19.9 Å². The average Bonchev–Trinajstić information content (AvgIpc) is 3.81. The van der Waals surface area contributed by atoms with Crippen molar-refractivity contribution in [1.29, 1.82) is 0 Å². The van der Waals surface area contributed by atoms with Crippen LogP contribution in [-0.4, -0.2) is 41.0 Å². The molecule has 0 saturated heterocycles. The average molecular weight is 565 g/mol. The summed E-state index contributed by atoms with van der Waals surface area (Å²) in [6.45, 7) is 4.89. The number of hydrogen-bond acceptors (Lipinski definition) is 6. The zero-order valence-electron chi connectivity index (χ0n) is 24.9. The molecule has 0 amide bonds. The van der Waals surface area contributed by atoms with Crippen LogP contribution in [0.4, 0.5) is 4.39 Å². The normalized spacial score (nSPS) is 14.8. The molecule has 6 nitrogen and oxygen atoms in total. The summed E-state index contributed by atoms with van der Waals surface area (Å²) in [4.78, 5) is 12.0. The van der Waals surface area contributed by atoms with E-state index in [-0.39, 0.29) is 23.8 Å². The van der Waals surface area contributed by atoms with E-state index in [1.165, 1.54) is 13.2 Å². The molecule has 1 aliphatic rings. The number of esters is 1. The van der Waals surface area contributed by atoms with Crippen LogP contribution in [0, 0.1) is 17.2 Å². The molecule has 1 fully saturated rings. The predicted molar refractivity (Wildman–Crippen MR) is 157 cm³/mol. The number of benzene rings is 3. The fourth-order valence-corrected chi connectivity index (χ4v) is 5.64. The lowest BCUT2D eigenvalue weighted by Crippen LogP contribution is -2.29. The van der Waals surface area contributed by atoms with E-state index in [0.717, 1.165) is 40.8 Å². The van der Waals surface area contributed by atoms with Crippen LogP contribution in [0.1, 0.15) is 61.8 Å². The Kier molecular flexibility index (Phi) is 10.1. The van der Waals surface area contributed by atoms with Crippen molar-refractivity contribution in [3.8, 4) is 22.6 Å². The maximum atomic E-state index is 15.1. The van der Waals surface area contributed by atoms with E-state index in [1.807, 2.05) is 36.4 Å². The van der Waals surface area contributed by atoms with Crippen LogP contribution in [0.2, 0.25) is 0 Å². The summed E-state index contributed by atoms with van der Waals surface area (Å²) in [6, 6.07) is 18.6. The summed E-state index contributed by atoms with van der Waals surface area (Å²) >= 11 is 0. The van der Waals surface area contributed by atoms with E-state index in [1.54, 1.807) is 33.5 Å². The van der Waals surface area contributed by atoms with Crippen LogP contribution in [0.3, 0.4) is 0 Å². The number of methoxy groups -OCH3 is 4. The van der Waals surface area contributed by atoms with Crippen molar-refractivity contribution in [2.45, 2.75) is 51.7 Å². The minimum atomic E-state index is -0.404. The zero-order valence-corrected chi connectivity index (χ0v) is 24.9. The first-order valence-corrected chi connectivity index (χ1v) is 14.0. The molecule has 220 valence electrons. The second kappa shape index (κ2) is 13.5. The van der Waals surface area contributed by atoms with Gasteiger partial charge in [-0.25, -0.2) is 4.39 Å². The molecule has 1 unspecified atom stereocenters. The zero-order chi connectivity index (χ0) is 29.6. The van der Waals surface area contributed by atoms with Crippen LogP contribution >= 0.6 is 0 Å². The minimum Gasteiger partial charge on any atom is -0.497 e. The van der Waals surface area contributed by atoms with Gasteiger partial charge in [0.1, 0.15) is 23.9 Å². The maximum absolute atomic E-state index is 15.1. The Morgan fingerprint density at radius 2 is 1.73 bits per heavy atom. The van der Waals surface area contributed by atoms with Gasteiger partial charge in [-0.05, 0) is 83.3 Å². The van der Waals surface area contributed by atoms with Crippen molar-refractivity contribution < 1.29 is 32.9 Å². The molecule has 0 N–H and O–H groups in total. The van der Waals surface area contributed by atoms with E-state index in [0.29, 0.717) is 36.9 Å². The maximum Gasteiger partial charge on any atom is 0.306 e. The number of carbonyl (C=O) groups excluding carboxylic acids is 1. The van der Waals surface area contributed by atoms with Gasteiger partial charge in [0.15, 0.2) is 0 Å². The van der Waals surface area contributed by atoms with E-state index in [9.17, 15) is 4.79 Å². The first-order valence-electron chi connectivity index (χ1n) is 14.0. The van der Waals surface area contributed by atoms with Gasteiger partial charge in [-0.1, -0.05) is 38.1 Å². The molecule has 0 heterocycles. The summed E-state index contributed by atoms with van der Waals surface area (Å²) < 4.78 is 43.2. The quantitative estimate of drug-likeness (QED) is 0.189. The van der Waals surface area contributed by atoms with Gasteiger partial charge in [-0.15, -0.1) is 0 Å². The lowest BCUT2D eigenvalue weighted by atomic mass is 9.80. The van der Waals surface area contributed by atoms with Crippen molar-refractivity contribution in [1.82, 2.24) is 0 Å². The summed E-state index contributed by atoms with van der Waals surface area (Å²) in [5, 5.41) is 0. The summed E-state index contributed by atoms with van der Waals surface area (Å²) in [5.41, 5.74) is 3.59. The molecule has 7 heteroatoms. The highest BCUT2D eigenvalue weighted by Gasteiger charge is 2.35. The molecule has 4 rings (SSSR count). The van der Waals surface area contributed by atoms with Crippen molar-refractivity contribution in [2.75, 3.05) is 35.0 Å². The number of rotatable bonds is 14. The highest BCUT2D eigenvalue weighted by Crippen LogP contribution is 2.45. The Hall–Kier alpha value is -3.42. The number of halogens is 1. The summed E-state index contributed by atoms with van der Waals surface area (Å²) in [6.07, 6.45) is 2.22. The van der Waals surface area contributed by atoms with Gasteiger partial charge in [-0.2, -0.15) is 0 Å². The van der Waals surface area contributed by atoms with E-state index < -0.39 is 5.41 Å². The topological polar surface area (TPSA) is 63.2 Å². The Labute approximate surface area is 242 Å². The third kappa shape index (κ3) is 7.46. The Morgan fingerprint density at radius 1 is 0.951 bits per heavy atom. The van der Waals surface area contributed by atoms with Crippen LogP contribution in [0.25, 0.3) is 11.1 Å². The van der Waals surface area contributed by atoms with E-state index in [4.69, 9.17) is 23.7 Å². The first-order chi connectivity index (χ1) is 19.7. The molecule has 0 aliphatic heterocycles. The standard InChI is InChI=1S/C34H41FO6/c1-34(2,21-37-3)33(40-6)30-16-22(10-14-27(30)29-18-25(38-4)13-15-31(29)35)20-41-26-9-7-8-24(17-26)28(23-11-12-23)19-32(36)39-5/h7-10,13-18,23,28,33H,11-12,19-21H2,1-6H3/t28-,33?/m1/s1. The van der Waals surface area contributed by atoms with Crippen molar-refractivity contribution >= 4 is 5.97 Å². The molecule has 0 spiro atoms. The SMILES string of the molecule is COCC(C)(C)C(OC)c1cc(COc2cccc([C@H](CC(=O)OC)C3CC3)c2)ccc1-c1cc(OC)ccc1F. The number of hydrogen-bond donors (Lipinski definition) is 0. The lowest BCUT2D eigenvalue weighted by Gasteiger charge is -2.34. The number of carbonyl (C=O) groups is 1. The van der Waals surface area contributed by atoms with Crippen LogP contribution in [-0.2, 0) is 25.6 Å². The third-order valence-corrected chi connectivity index (χ3v) is 7.82. The summed E-state index contributed by atoms with van der Waals surface area (Å²) in [5.74, 6) is 1.38. The molecule has 0 bridgehead atoms. The second-order valence-corrected chi connectivity index (χ2v) is 11.4. The molecule has 3 aromatic carbocycles. The second-order valence-electron chi connectivity index (χ2n) is 11.4. The van der Waals surface area contributed by atoms with Gasteiger partial charge < -0.3 is 23.7 Å². The summed E-state index contributed by atoms with van der Waals surface area (Å²) in [7, 11) is 6.31. The molecule has 1 saturated carbocycles. The molecule has 0 aromatic heterocycles. The Morgan fingerprint density at radius 3 is 2.39 bits per heavy atom.